The molecule has 0 radical (unpaired) electrons. The molecule has 1 aliphatic heterocycles. The van der Waals surface area contributed by atoms with Crippen molar-refractivity contribution in [1.29, 1.82) is 0 Å². The summed E-state index contributed by atoms with van der Waals surface area (Å²) in [7, 11) is 3.27. The SMILES string of the molecule is COc1ccc(NC(=S)NC2N=C(c3ccccc3)c3cc(Cl)ccc3N(C)C2=O)nc1. The molecule has 7 nitrogen and oxygen atoms in total. The van der Waals surface area contributed by atoms with Crippen molar-refractivity contribution in [1.82, 2.24) is 10.3 Å². The number of nitrogens with zero attached hydrogens (tertiary/aromatic N) is 3. The van der Waals surface area contributed by atoms with Crippen LogP contribution in [0.4, 0.5) is 11.5 Å². The average molecular weight is 466 g/mol. The summed E-state index contributed by atoms with van der Waals surface area (Å²) in [5.74, 6) is 0.884. The second kappa shape index (κ2) is 9.33. The monoisotopic (exact) mass is 465 g/mol. The first-order valence-corrected chi connectivity index (χ1v) is 10.5. The number of rotatable bonds is 4. The van der Waals surface area contributed by atoms with Gasteiger partial charge in [0.15, 0.2) is 5.11 Å². The van der Waals surface area contributed by atoms with Crippen molar-refractivity contribution in [3.8, 4) is 5.75 Å². The van der Waals surface area contributed by atoms with Crippen LogP contribution in [0.3, 0.4) is 0 Å². The maximum Gasteiger partial charge on any atom is 0.272 e. The van der Waals surface area contributed by atoms with Gasteiger partial charge in [0.1, 0.15) is 11.6 Å². The number of thiocarbonyl (C=S) groups is 1. The molecule has 162 valence electrons. The predicted octanol–water partition coefficient (Wildman–Crippen LogP) is 3.87. The van der Waals surface area contributed by atoms with E-state index in [2.05, 4.69) is 15.6 Å². The van der Waals surface area contributed by atoms with Crippen LogP contribution >= 0.6 is 23.8 Å². The number of carbonyl (C=O) groups is 1. The van der Waals surface area contributed by atoms with Crippen LogP contribution in [0.2, 0.25) is 5.02 Å². The van der Waals surface area contributed by atoms with Crippen molar-refractivity contribution >= 4 is 52.1 Å². The highest BCUT2D eigenvalue weighted by atomic mass is 35.5. The van der Waals surface area contributed by atoms with Crippen LogP contribution in [-0.4, -0.2) is 42.0 Å². The predicted molar refractivity (Wildman–Crippen MR) is 131 cm³/mol. The number of halogens is 1. The molecule has 1 aliphatic rings. The van der Waals surface area contributed by atoms with E-state index in [1.165, 1.54) is 0 Å². The summed E-state index contributed by atoms with van der Waals surface area (Å²) in [6, 6.07) is 18.5. The second-order valence-corrected chi connectivity index (χ2v) is 7.83. The van der Waals surface area contributed by atoms with Crippen molar-refractivity contribution in [2.75, 3.05) is 24.4 Å². The molecule has 0 saturated carbocycles. The first-order valence-electron chi connectivity index (χ1n) is 9.74. The van der Waals surface area contributed by atoms with E-state index in [1.54, 1.807) is 43.5 Å². The highest BCUT2D eigenvalue weighted by molar-refractivity contribution is 7.80. The number of fused-ring (bicyclic) bond motifs is 1. The van der Waals surface area contributed by atoms with Gasteiger partial charge in [-0.15, -0.1) is 0 Å². The number of likely N-dealkylation sites (N-methyl/N-ethyl adjacent to an activating group) is 1. The lowest BCUT2D eigenvalue weighted by Gasteiger charge is -2.22. The molecule has 0 saturated heterocycles. The van der Waals surface area contributed by atoms with Gasteiger partial charge in [0.2, 0.25) is 6.17 Å². The van der Waals surface area contributed by atoms with Gasteiger partial charge in [-0.2, -0.15) is 0 Å². The smallest absolute Gasteiger partial charge is 0.272 e. The molecule has 0 fully saturated rings. The number of hydrogen-bond acceptors (Lipinski definition) is 5. The second-order valence-electron chi connectivity index (χ2n) is 6.99. The standard InChI is InChI=1S/C23H20ClN5O2S/c1-29-18-10-8-15(24)12-17(18)20(14-6-4-3-5-7-14)27-21(22(29)30)28-23(32)26-19-11-9-16(31-2)13-25-19/h3-13,21H,1-2H3,(H2,25,26,28,32). The van der Waals surface area contributed by atoms with Gasteiger partial charge in [-0.1, -0.05) is 41.9 Å². The first-order chi connectivity index (χ1) is 15.5. The Bertz CT molecular complexity index is 1180. The summed E-state index contributed by atoms with van der Waals surface area (Å²) >= 11 is 11.7. The Hall–Kier alpha value is -3.49. The molecule has 0 spiro atoms. The van der Waals surface area contributed by atoms with E-state index in [9.17, 15) is 4.79 Å². The highest BCUT2D eigenvalue weighted by Crippen LogP contribution is 2.29. The Kier molecular flexibility index (Phi) is 6.34. The maximum absolute atomic E-state index is 13.2. The van der Waals surface area contributed by atoms with Crippen molar-refractivity contribution < 1.29 is 9.53 Å². The van der Waals surface area contributed by atoms with Crippen LogP contribution in [0, 0.1) is 0 Å². The Morgan fingerprint density at radius 3 is 2.62 bits per heavy atom. The van der Waals surface area contributed by atoms with Crippen LogP contribution in [0.1, 0.15) is 11.1 Å². The largest absolute Gasteiger partial charge is 0.495 e. The van der Waals surface area contributed by atoms with Gasteiger partial charge in [0, 0.05) is 23.2 Å². The number of nitrogens with one attached hydrogen (secondary N) is 2. The van der Waals surface area contributed by atoms with E-state index < -0.39 is 6.17 Å². The van der Waals surface area contributed by atoms with Crippen LogP contribution in [0.25, 0.3) is 0 Å². The summed E-state index contributed by atoms with van der Waals surface area (Å²) in [5.41, 5.74) is 2.98. The molecule has 0 aliphatic carbocycles. The molecule has 1 amide bonds. The fraction of sp³-hybridized carbons (Fsp3) is 0.130. The molecule has 2 N–H and O–H groups in total. The van der Waals surface area contributed by atoms with Crippen LogP contribution in [-0.2, 0) is 4.79 Å². The Labute approximate surface area is 196 Å². The fourth-order valence-electron chi connectivity index (χ4n) is 3.32. The third-order valence-corrected chi connectivity index (χ3v) is 5.38. The Balaban J connectivity index is 1.67. The zero-order chi connectivity index (χ0) is 22.7. The average Bonchev–Trinajstić information content (AvgIpc) is 2.90. The quantitative estimate of drug-likeness (QED) is 0.569. The molecule has 1 unspecified atom stereocenters. The summed E-state index contributed by atoms with van der Waals surface area (Å²) in [4.78, 5) is 23.8. The van der Waals surface area contributed by atoms with Gasteiger partial charge in [-0.05, 0) is 42.5 Å². The van der Waals surface area contributed by atoms with Crippen molar-refractivity contribution in [2.24, 2.45) is 4.99 Å². The van der Waals surface area contributed by atoms with Gasteiger partial charge >= 0.3 is 0 Å². The molecule has 1 atom stereocenters. The summed E-state index contributed by atoms with van der Waals surface area (Å²) in [6.45, 7) is 0. The van der Waals surface area contributed by atoms with Crippen LogP contribution < -0.4 is 20.3 Å². The number of ether oxygens (including phenoxy) is 1. The molecule has 4 rings (SSSR count). The number of aromatic nitrogens is 1. The molecule has 0 bridgehead atoms. The van der Waals surface area contributed by atoms with Crippen molar-refractivity contribution in [2.45, 2.75) is 6.17 Å². The lowest BCUT2D eigenvalue weighted by atomic mass is 10.0. The molecular formula is C23H20ClN5O2S. The lowest BCUT2D eigenvalue weighted by Crippen LogP contribution is -2.47. The van der Waals surface area contributed by atoms with E-state index in [0.717, 1.165) is 11.1 Å². The fourth-order valence-corrected chi connectivity index (χ4v) is 3.71. The number of benzodiazepines with no additional fused rings is 1. The summed E-state index contributed by atoms with van der Waals surface area (Å²) in [6.07, 6.45) is 0.626. The molecule has 2 aromatic carbocycles. The van der Waals surface area contributed by atoms with Gasteiger partial charge < -0.3 is 20.3 Å². The summed E-state index contributed by atoms with van der Waals surface area (Å²) in [5, 5.41) is 6.75. The number of methoxy groups -OCH3 is 1. The van der Waals surface area contributed by atoms with E-state index in [0.29, 0.717) is 28.0 Å². The van der Waals surface area contributed by atoms with Crippen LogP contribution in [0.5, 0.6) is 5.75 Å². The van der Waals surface area contributed by atoms with Gasteiger partial charge in [-0.3, -0.25) is 4.79 Å². The molecule has 32 heavy (non-hydrogen) atoms. The van der Waals surface area contributed by atoms with E-state index in [-0.39, 0.29) is 11.0 Å². The van der Waals surface area contributed by atoms with Crippen molar-refractivity contribution in [3.05, 3.63) is 83.0 Å². The lowest BCUT2D eigenvalue weighted by molar-refractivity contribution is -0.119. The number of anilines is 2. The third kappa shape index (κ3) is 4.56. The van der Waals surface area contributed by atoms with Gasteiger partial charge in [-0.25, -0.2) is 9.98 Å². The minimum Gasteiger partial charge on any atom is -0.495 e. The van der Waals surface area contributed by atoms with Gasteiger partial charge in [0.25, 0.3) is 5.91 Å². The Morgan fingerprint density at radius 1 is 1.16 bits per heavy atom. The van der Waals surface area contributed by atoms with Gasteiger partial charge in [0.05, 0.1) is 24.7 Å². The molecule has 9 heteroatoms. The van der Waals surface area contributed by atoms with E-state index in [4.69, 9.17) is 33.5 Å². The third-order valence-electron chi connectivity index (χ3n) is 4.93. The summed E-state index contributed by atoms with van der Waals surface area (Å²) < 4.78 is 5.11. The number of hydrogen-bond donors (Lipinski definition) is 2. The maximum atomic E-state index is 13.2. The number of amides is 1. The molecular weight excluding hydrogens is 446 g/mol. The molecule has 3 aromatic rings. The zero-order valence-corrected chi connectivity index (χ0v) is 18.9. The topological polar surface area (TPSA) is 78.9 Å². The van der Waals surface area contributed by atoms with E-state index in [1.807, 2.05) is 42.5 Å². The van der Waals surface area contributed by atoms with Crippen molar-refractivity contribution in [3.63, 3.8) is 0 Å². The molecule has 2 heterocycles. The number of aliphatic imine (C=N–C) groups is 1. The number of carbonyl (C=O) groups excluding carboxylic acids is 1. The first kappa shape index (κ1) is 21.7. The minimum atomic E-state index is -0.945. The normalized spacial score (nSPS) is 15.3. The van der Waals surface area contributed by atoms with E-state index >= 15 is 0 Å². The highest BCUT2D eigenvalue weighted by Gasteiger charge is 2.30. The number of pyridine rings is 1. The minimum absolute atomic E-state index is 0.217. The van der Waals surface area contributed by atoms with Crippen LogP contribution in [0.15, 0.2) is 71.9 Å². The molecule has 1 aromatic heterocycles. The Morgan fingerprint density at radius 2 is 1.94 bits per heavy atom. The number of benzene rings is 2. The zero-order valence-electron chi connectivity index (χ0n) is 17.4.